The van der Waals surface area contributed by atoms with Crippen LogP contribution in [0.5, 0.6) is 11.5 Å². The predicted octanol–water partition coefficient (Wildman–Crippen LogP) is 8.10. The number of carbonyl (C=O) groups is 1. The molecular weight excluding hydrogens is 502 g/mol. The van der Waals surface area contributed by atoms with E-state index in [0.29, 0.717) is 12.3 Å². The highest BCUT2D eigenvalue weighted by molar-refractivity contribution is 7.99. The van der Waals surface area contributed by atoms with Gasteiger partial charge < -0.3 is 14.4 Å². The first-order chi connectivity index (χ1) is 17.4. The first-order valence-electron chi connectivity index (χ1n) is 14.5. The smallest absolute Gasteiger partial charge is 0.311 e. The van der Waals surface area contributed by atoms with Gasteiger partial charge >= 0.3 is 5.97 Å². The molecular formula is C31H48ClNO3S. The van der Waals surface area contributed by atoms with Crippen LogP contribution in [-0.2, 0) is 11.2 Å². The molecule has 0 radical (unpaired) electrons. The lowest BCUT2D eigenvalue weighted by Gasteiger charge is -2.35. The number of halogens is 1. The van der Waals surface area contributed by atoms with Crippen LogP contribution in [0, 0.1) is 5.92 Å². The fraction of sp³-hybridized carbons (Fsp3) is 0.710. The Kier molecular flexibility index (Phi) is 11.7. The summed E-state index contributed by atoms with van der Waals surface area (Å²) in [6, 6.07) is 4.37. The molecule has 208 valence electrons. The Morgan fingerprint density at radius 2 is 1.92 bits per heavy atom. The van der Waals surface area contributed by atoms with Crippen LogP contribution in [0.15, 0.2) is 17.7 Å². The Labute approximate surface area is 235 Å². The summed E-state index contributed by atoms with van der Waals surface area (Å²) >= 11 is 2.02. The number of thioether (sulfide) groups is 1. The molecule has 6 heteroatoms. The predicted molar refractivity (Wildman–Crippen MR) is 159 cm³/mol. The van der Waals surface area contributed by atoms with E-state index in [4.69, 9.17) is 9.47 Å². The van der Waals surface area contributed by atoms with Crippen molar-refractivity contribution in [2.45, 2.75) is 104 Å². The van der Waals surface area contributed by atoms with Crippen LogP contribution in [0.4, 0.5) is 0 Å². The number of esters is 1. The molecule has 37 heavy (non-hydrogen) atoms. The summed E-state index contributed by atoms with van der Waals surface area (Å²) in [4.78, 5) is 15.5. The maximum Gasteiger partial charge on any atom is 0.311 e. The van der Waals surface area contributed by atoms with Gasteiger partial charge in [-0.25, -0.2) is 0 Å². The van der Waals surface area contributed by atoms with Crippen LogP contribution in [-0.4, -0.2) is 47.6 Å². The minimum atomic E-state index is -0.293. The lowest BCUT2D eigenvalue weighted by Crippen LogP contribution is -2.34. The summed E-state index contributed by atoms with van der Waals surface area (Å²) in [6.45, 7) is 12.3. The number of hydrogen-bond donors (Lipinski definition) is 0. The number of aryl methyl sites for hydroxylation is 1. The molecule has 0 N–H and O–H groups in total. The zero-order chi connectivity index (χ0) is 25.5. The number of fused-ring (bicyclic) bond motifs is 2. The first-order valence-corrected chi connectivity index (χ1v) is 15.6. The van der Waals surface area contributed by atoms with Gasteiger partial charge in [-0.05, 0) is 93.7 Å². The Bertz CT molecular complexity index is 939. The third kappa shape index (κ3) is 8.16. The van der Waals surface area contributed by atoms with Gasteiger partial charge in [0, 0.05) is 31.0 Å². The highest BCUT2D eigenvalue weighted by Gasteiger charge is 2.39. The maximum atomic E-state index is 13.0. The van der Waals surface area contributed by atoms with Gasteiger partial charge in [-0.3, -0.25) is 4.79 Å². The van der Waals surface area contributed by atoms with Gasteiger partial charge in [0.2, 0.25) is 0 Å². The van der Waals surface area contributed by atoms with E-state index >= 15 is 0 Å². The number of nitrogens with zero attached hydrogens (tertiary/aromatic N) is 1. The highest BCUT2D eigenvalue weighted by atomic mass is 35.5. The second-order valence-corrected chi connectivity index (χ2v) is 12.8. The molecule has 0 saturated carbocycles. The molecule has 1 saturated heterocycles. The average molecular weight is 550 g/mol. The monoisotopic (exact) mass is 549 g/mol. The fourth-order valence-electron chi connectivity index (χ4n) is 6.01. The van der Waals surface area contributed by atoms with Gasteiger partial charge in [-0.2, -0.15) is 11.8 Å². The largest absolute Gasteiger partial charge is 0.483 e. The van der Waals surface area contributed by atoms with Gasteiger partial charge in [0.05, 0.1) is 5.56 Å². The van der Waals surface area contributed by atoms with Gasteiger partial charge in [-0.1, -0.05) is 39.5 Å². The van der Waals surface area contributed by atoms with E-state index in [1.165, 1.54) is 53.9 Å². The second kappa shape index (κ2) is 14.3. The van der Waals surface area contributed by atoms with Crippen LogP contribution in [0.25, 0.3) is 5.57 Å². The van der Waals surface area contributed by atoms with Gasteiger partial charge in [0.25, 0.3) is 0 Å². The Balaban J connectivity index is 0.00000380. The SMILES string of the molecule is CCCCCC(C)CCc1cc(OC(=O)CCCN2CCSCC2)c2c(c1)OC(C)(C)C1=C2CCC1.Cl. The Hall–Kier alpha value is -1.17. The average Bonchev–Trinajstić information content (AvgIpc) is 3.34. The van der Waals surface area contributed by atoms with Crippen molar-refractivity contribution in [3.8, 4) is 11.5 Å². The van der Waals surface area contributed by atoms with Crippen molar-refractivity contribution in [1.82, 2.24) is 4.90 Å². The van der Waals surface area contributed by atoms with Crippen molar-refractivity contribution in [3.63, 3.8) is 0 Å². The van der Waals surface area contributed by atoms with Crippen molar-refractivity contribution >= 4 is 35.7 Å². The van der Waals surface area contributed by atoms with Gasteiger partial charge in [0.15, 0.2) is 0 Å². The van der Waals surface area contributed by atoms with Crippen molar-refractivity contribution in [2.24, 2.45) is 5.92 Å². The molecule has 0 amide bonds. The van der Waals surface area contributed by atoms with Crippen LogP contribution in [0.2, 0.25) is 0 Å². The molecule has 4 rings (SSSR count). The molecule has 1 aliphatic carbocycles. The molecule has 1 atom stereocenters. The Morgan fingerprint density at radius 3 is 2.68 bits per heavy atom. The van der Waals surface area contributed by atoms with Crippen molar-refractivity contribution in [1.29, 1.82) is 0 Å². The molecule has 2 aliphatic heterocycles. The number of ether oxygens (including phenoxy) is 2. The third-order valence-electron chi connectivity index (χ3n) is 8.15. The van der Waals surface area contributed by atoms with Crippen LogP contribution in [0.3, 0.4) is 0 Å². The van der Waals surface area contributed by atoms with Crippen molar-refractivity contribution in [3.05, 3.63) is 28.8 Å². The van der Waals surface area contributed by atoms with E-state index in [1.54, 1.807) is 0 Å². The lowest BCUT2D eigenvalue weighted by atomic mass is 9.86. The second-order valence-electron chi connectivity index (χ2n) is 11.6. The van der Waals surface area contributed by atoms with Crippen molar-refractivity contribution in [2.75, 3.05) is 31.1 Å². The Morgan fingerprint density at radius 1 is 1.14 bits per heavy atom. The highest BCUT2D eigenvalue weighted by Crippen LogP contribution is 2.52. The van der Waals surface area contributed by atoms with E-state index in [-0.39, 0.29) is 24.0 Å². The number of allylic oxidation sites excluding steroid dienone is 1. The molecule has 0 aromatic heterocycles. The summed E-state index contributed by atoms with van der Waals surface area (Å²) in [7, 11) is 0. The van der Waals surface area contributed by atoms with Crippen LogP contribution >= 0.6 is 24.2 Å². The zero-order valence-corrected chi connectivity index (χ0v) is 25.2. The minimum Gasteiger partial charge on any atom is -0.483 e. The molecule has 2 heterocycles. The van der Waals surface area contributed by atoms with Gasteiger partial charge in [0.1, 0.15) is 17.1 Å². The lowest BCUT2D eigenvalue weighted by molar-refractivity contribution is -0.134. The van der Waals surface area contributed by atoms with E-state index in [2.05, 4.69) is 44.7 Å². The number of rotatable bonds is 12. The molecule has 1 unspecified atom stereocenters. The molecule has 1 aromatic rings. The third-order valence-corrected chi connectivity index (χ3v) is 9.09. The molecule has 3 aliphatic rings. The molecule has 1 aromatic carbocycles. The number of hydrogen-bond acceptors (Lipinski definition) is 5. The van der Waals surface area contributed by atoms with Crippen molar-refractivity contribution < 1.29 is 14.3 Å². The summed E-state index contributed by atoms with van der Waals surface area (Å²) < 4.78 is 12.7. The summed E-state index contributed by atoms with van der Waals surface area (Å²) in [5.41, 5.74) is 4.71. The summed E-state index contributed by atoms with van der Waals surface area (Å²) in [5, 5.41) is 0. The quantitative estimate of drug-likeness (QED) is 0.149. The van der Waals surface area contributed by atoms with E-state index in [1.807, 2.05) is 11.8 Å². The summed E-state index contributed by atoms with van der Waals surface area (Å²) in [6.07, 6.45) is 11.9. The van der Waals surface area contributed by atoms with E-state index in [0.717, 1.165) is 75.2 Å². The van der Waals surface area contributed by atoms with Crippen LogP contribution in [0.1, 0.15) is 103 Å². The molecule has 0 spiro atoms. The number of unbranched alkanes of at least 4 members (excludes halogenated alkanes) is 2. The normalized spacial score (nSPS) is 19.5. The molecule has 1 fully saturated rings. The van der Waals surface area contributed by atoms with E-state index in [9.17, 15) is 4.79 Å². The standard InChI is InChI=1S/C31H47NO3S.ClH/c1-5-6-7-10-23(2)14-15-24-21-27(34-29(33)13-9-16-32-17-19-36-20-18-32)30-25-11-8-12-26(25)31(3,4)35-28(30)22-24;/h21-23H,5-20H2,1-4H3;1H. The number of carbonyl (C=O) groups excluding carboxylic acids is 1. The van der Waals surface area contributed by atoms with E-state index < -0.39 is 0 Å². The minimum absolute atomic E-state index is 0. The fourth-order valence-corrected chi connectivity index (χ4v) is 6.99. The number of benzene rings is 1. The molecule has 0 bridgehead atoms. The van der Waals surface area contributed by atoms with Crippen LogP contribution < -0.4 is 9.47 Å². The maximum absolute atomic E-state index is 13.0. The molecule has 4 nitrogen and oxygen atoms in total. The zero-order valence-electron chi connectivity index (χ0n) is 23.5. The first kappa shape index (κ1) is 30.4. The van der Waals surface area contributed by atoms with Gasteiger partial charge in [-0.15, -0.1) is 12.4 Å². The summed E-state index contributed by atoms with van der Waals surface area (Å²) in [5.74, 6) is 4.63. The topological polar surface area (TPSA) is 38.8 Å².